The van der Waals surface area contributed by atoms with Gasteiger partial charge >= 0.3 is 0 Å². The third kappa shape index (κ3) is 3.30. The summed E-state index contributed by atoms with van der Waals surface area (Å²) in [5, 5.41) is 10.9. The van der Waals surface area contributed by atoms with Crippen molar-refractivity contribution in [3.05, 3.63) is 53.9 Å². The maximum atomic E-state index is 13.5. The van der Waals surface area contributed by atoms with Gasteiger partial charge in [0.2, 0.25) is 5.95 Å². The minimum absolute atomic E-state index is 0.203. The van der Waals surface area contributed by atoms with Gasteiger partial charge in [0.15, 0.2) is 12.4 Å². The van der Waals surface area contributed by atoms with E-state index in [1.54, 1.807) is 18.2 Å². The zero-order valence-electron chi connectivity index (χ0n) is 10.6. The number of benzene rings is 1. The van der Waals surface area contributed by atoms with Crippen molar-refractivity contribution in [1.29, 1.82) is 5.26 Å². The van der Waals surface area contributed by atoms with Crippen LogP contribution in [0.5, 0.6) is 5.75 Å². The van der Waals surface area contributed by atoms with Crippen LogP contribution < -0.4 is 10.1 Å². The number of ether oxygens (including phenoxy) is 1. The van der Waals surface area contributed by atoms with Crippen LogP contribution in [0.25, 0.3) is 0 Å². The third-order valence-electron chi connectivity index (χ3n) is 2.52. The average Bonchev–Trinajstić information content (AvgIpc) is 2.49. The third-order valence-corrected chi connectivity index (χ3v) is 2.52. The molecule has 0 unspecified atom stereocenters. The second-order valence-electron chi connectivity index (χ2n) is 3.86. The smallest absolute Gasteiger partial charge is 0.258 e. The van der Waals surface area contributed by atoms with E-state index in [1.807, 2.05) is 0 Å². The van der Waals surface area contributed by atoms with Crippen molar-refractivity contribution in [1.82, 2.24) is 4.98 Å². The molecule has 1 aromatic heterocycles. The lowest BCUT2D eigenvalue weighted by Crippen LogP contribution is -2.15. The van der Waals surface area contributed by atoms with E-state index in [2.05, 4.69) is 10.3 Å². The van der Waals surface area contributed by atoms with Gasteiger partial charge in [-0.05, 0) is 18.2 Å². The summed E-state index contributed by atoms with van der Waals surface area (Å²) in [6.07, 6.45) is 0.991. The number of nitrogens with zero attached hydrogens (tertiary/aromatic N) is 2. The van der Waals surface area contributed by atoms with Gasteiger partial charge in [-0.2, -0.15) is 9.65 Å². The Morgan fingerprint density at radius 2 is 2.10 bits per heavy atom. The number of rotatable bonds is 4. The Bertz CT molecular complexity index is 714. The maximum Gasteiger partial charge on any atom is 0.258 e. The van der Waals surface area contributed by atoms with Crippen molar-refractivity contribution >= 4 is 11.6 Å². The van der Waals surface area contributed by atoms with Crippen molar-refractivity contribution in [3.8, 4) is 11.8 Å². The fraction of sp³-hybridized carbons (Fsp3) is 0.0714. The molecular formula is C14H9F2N3O2. The molecule has 0 aliphatic carbocycles. The average molecular weight is 289 g/mol. The molecule has 0 aliphatic rings. The Kier molecular flexibility index (Phi) is 4.41. The first-order valence-corrected chi connectivity index (χ1v) is 5.83. The molecule has 21 heavy (non-hydrogen) atoms. The number of nitrogens with one attached hydrogen (secondary N) is 1. The minimum Gasteiger partial charge on any atom is -0.477 e. The molecule has 0 bridgehead atoms. The molecule has 0 saturated heterocycles. The summed E-state index contributed by atoms with van der Waals surface area (Å²) >= 11 is 0. The number of carbonyl (C=O) groups excluding carboxylic acids is 1. The number of para-hydroxylation sites is 2. The molecule has 1 aromatic carbocycles. The summed E-state index contributed by atoms with van der Waals surface area (Å²) < 4.78 is 31.6. The molecule has 0 spiro atoms. The molecule has 0 aliphatic heterocycles. The van der Waals surface area contributed by atoms with Crippen LogP contribution in [0.3, 0.4) is 0 Å². The Labute approximate surface area is 118 Å². The number of amides is 1. The molecule has 0 radical (unpaired) electrons. The Morgan fingerprint density at radius 1 is 1.33 bits per heavy atom. The second-order valence-corrected chi connectivity index (χ2v) is 3.86. The van der Waals surface area contributed by atoms with Crippen LogP contribution in [-0.4, -0.2) is 17.5 Å². The lowest BCUT2D eigenvalue weighted by Gasteiger charge is -2.10. The van der Waals surface area contributed by atoms with E-state index in [0.29, 0.717) is 0 Å². The summed E-state index contributed by atoms with van der Waals surface area (Å²) in [6.45, 7) is -0.203. The van der Waals surface area contributed by atoms with Crippen molar-refractivity contribution in [2.45, 2.75) is 0 Å². The number of anilines is 1. The highest BCUT2D eigenvalue weighted by Gasteiger charge is 2.17. The quantitative estimate of drug-likeness (QED) is 0.877. The van der Waals surface area contributed by atoms with Crippen molar-refractivity contribution in [2.24, 2.45) is 0 Å². The van der Waals surface area contributed by atoms with E-state index in [0.717, 1.165) is 12.3 Å². The fourth-order valence-electron chi connectivity index (χ4n) is 1.59. The van der Waals surface area contributed by atoms with Crippen LogP contribution in [0.1, 0.15) is 10.4 Å². The molecule has 106 valence electrons. The summed E-state index contributed by atoms with van der Waals surface area (Å²) in [4.78, 5) is 15.1. The van der Waals surface area contributed by atoms with Crippen LogP contribution in [0, 0.1) is 23.1 Å². The number of pyridine rings is 1. The SMILES string of the molecule is N#CCOc1ccccc1NC(=O)c1ccnc(F)c1F. The lowest BCUT2D eigenvalue weighted by atomic mass is 10.2. The van der Waals surface area contributed by atoms with Gasteiger partial charge in [0.1, 0.15) is 11.8 Å². The molecule has 0 fully saturated rings. The Morgan fingerprint density at radius 3 is 2.86 bits per heavy atom. The number of nitriles is 1. The van der Waals surface area contributed by atoms with Gasteiger partial charge in [0, 0.05) is 6.20 Å². The Hall–Kier alpha value is -3.01. The molecule has 2 aromatic rings. The monoisotopic (exact) mass is 289 g/mol. The van der Waals surface area contributed by atoms with E-state index in [4.69, 9.17) is 10.00 Å². The highest BCUT2D eigenvalue weighted by Crippen LogP contribution is 2.24. The van der Waals surface area contributed by atoms with E-state index >= 15 is 0 Å². The van der Waals surface area contributed by atoms with E-state index in [-0.39, 0.29) is 18.0 Å². The summed E-state index contributed by atoms with van der Waals surface area (Å²) in [5.41, 5.74) is -0.230. The maximum absolute atomic E-state index is 13.5. The van der Waals surface area contributed by atoms with Gasteiger partial charge in [0.25, 0.3) is 5.91 Å². The predicted octanol–water partition coefficient (Wildman–Crippen LogP) is 2.51. The van der Waals surface area contributed by atoms with E-state index in [1.165, 1.54) is 12.1 Å². The van der Waals surface area contributed by atoms with Crippen LogP contribution in [0.15, 0.2) is 36.5 Å². The first-order valence-electron chi connectivity index (χ1n) is 5.83. The van der Waals surface area contributed by atoms with E-state index in [9.17, 15) is 13.6 Å². The predicted molar refractivity (Wildman–Crippen MR) is 69.7 cm³/mol. The zero-order chi connectivity index (χ0) is 15.2. The van der Waals surface area contributed by atoms with Crippen LogP contribution >= 0.6 is 0 Å². The zero-order valence-corrected chi connectivity index (χ0v) is 10.6. The van der Waals surface area contributed by atoms with Crippen molar-refractivity contribution < 1.29 is 18.3 Å². The highest BCUT2D eigenvalue weighted by molar-refractivity contribution is 6.05. The normalized spacial score (nSPS) is 9.76. The van der Waals surface area contributed by atoms with Crippen LogP contribution in [0.2, 0.25) is 0 Å². The molecular weight excluding hydrogens is 280 g/mol. The Balaban J connectivity index is 2.24. The second kappa shape index (κ2) is 6.43. The first-order chi connectivity index (χ1) is 10.1. The molecule has 2 rings (SSSR count). The minimum atomic E-state index is -1.35. The number of hydrogen-bond acceptors (Lipinski definition) is 4. The van der Waals surface area contributed by atoms with E-state index < -0.39 is 23.2 Å². The molecule has 0 saturated carbocycles. The van der Waals surface area contributed by atoms with Gasteiger partial charge in [-0.1, -0.05) is 12.1 Å². The standard InChI is InChI=1S/C14H9F2N3O2/c15-12-9(5-7-18-13(12)16)14(20)19-10-3-1-2-4-11(10)21-8-6-17/h1-5,7H,8H2,(H,19,20). The number of hydrogen-bond donors (Lipinski definition) is 1. The molecule has 1 heterocycles. The topological polar surface area (TPSA) is 75.0 Å². The van der Waals surface area contributed by atoms with Gasteiger partial charge in [0.05, 0.1) is 11.3 Å². The molecule has 1 amide bonds. The van der Waals surface area contributed by atoms with Crippen molar-refractivity contribution in [3.63, 3.8) is 0 Å². The summed E-state index contributed by atoms with van der Waals surface area (Å²) in [7, 11) is 0. The van der Waals surface area contributed by atoms with Gasteiger partial charge < -0.3 is 10.1 Å². The lowest BCUT2D eigenvalue weighted by molar-refractivity contribution is 0.102. The number of halogens is 2. The molecule has 7 heteroatoms. The first kappa shape index (κ1) is 14.4. The van der Waals surface area contributed by atoms with Gasteiger partial charge in [-0.25, -0.2) is 9.37 Å². The number of carbonyl (C=O) groups is 1. The molecule has 0 atom stereocenters. The molecule has 1 N–H and O–H groups in total. The van der Waals surface area contributed by atoms with Crippen LogP contribution in [0.4, 0.5) is 14.5 Å². The molecule has 5 nitrogen and oxygen atoms in total. The highest BCUT2D eigenvalue weighted by atomic mass is 19.2. The summed E-state index contributed by atoms with van der Waals surface area (Å²) in [6, 6.07) is 9.18. The van der Waals surface area contributed by atoms with Gasteiger partial charge in [-0.3, -0.25) is 4.79 Å². The van der Waals surface area contributed by atoms with Crippen LogP contribution in [-0.2, 0) is 0 Å². The number of aromatic nitrogens is 1. The summed E-state index contributed by atoms with van der Waals surface area (Å²) in [5.74, 6) is -3.27. The largest absolute Gasteiger partial charge is 0.477 e. The van der Waals surface area contributed by atoms with Crippen molar-refractivity contribution in [2.75, 3.05) is 11.9 Å². The fourth-order valence-corrected chi connectivity index (χ4v) is 1.59. The van der Waals surface area contributed by atoms with Gasteiger partial charge in [-0.15, -0.1) is 0 Å².